The standard InChI is InChI=1S/C15H27F3/c1-2-3-4-7-13-8-5-9-14(12-13)10-6-11-15(16,17)18/h13-14H,2-12H2,1H3. The van der Waals surface area contributed by atoms with Crippen LogP contribution in [0.25, 0.3) is 0 Å². The highest BCUT2D eigenvalue weighted by atomic mass is 19.4. The van der Waals surface area contributed by atoms with Crippen LogP contribution in [0.3, 0.4) is 0 Å². The molecule has 2 atom stereocenters. The van der Waals surface area contributed by atoms with Gasteiger partial charge in [-0.2, -0.15) is 13.2 Å². The first kappa shape index (κ1) is 15.8. The van der Waals surface area contributed by atoms with E-state index in [1.807, 2.05) is 0 Å². The van der Waals surface area contributed by atoms with E-state index in [0.29, 0.717) is 12.3 Å². The van der Waals surface area contributed by atoms with Gasteiger partial charge in [-0.15, -0.1) is 0 Å². The summed E-state index contributed by atoms with van der Waals surface area (Å²) in [5.74, 6) is 1.36. The Labute approximate surface area is 109 Å². The first-order chi connectivity index (χ1) is 8.51. The van der Waals surface area contributed by atoms with Gasteiger partial charge in [-0.3, -0.25) is 0 Å². The van der Waals surface area contributed by atoms with E-state index in [2.05, 4.69) is 6.92 Å². The summed E-state index contributed by atoms with van der Waals surface area (Å²) < 4.78 is 36.3. The fourth-order valence-corrected chi connectivity index (χ4v) is 3.20. The van der Waals surface area contributed by atoms with E-state index < -0.39 is 12.6 Å². The predicted molar refractivity (Wildman–Crippen MR) is 69.5 cm³/mol. The van der Waals surface area contributed by atoms with Crippen molar-refractivity contribution in [2.45, 2.75) is 83.7 Å². The fourth-order valence-electron chi connectivity index (χ4n) is 3.20. The van der Waals surface area contributed by atoms with Gasteiger partial charge in [0.25, 0.3) is 0 Å². The van der Waals surface area contributed by atoms with Gasteiger partial charge in [0.2, 0.25) is 0 Å². The van der Waals surface area contributed by atoms with Crippen LogP contribution in [0.4, 0.5) is 13.2 Å². The van der Waals surface area contributed by atoms with Crippen molar-refractivity contribution in [2.24, 2.45) is 11.8 Å². The average molecular weight is 264 g/mol. The molecule has 1 saturated carbocycles. The Kier molecular flexibility index (Phi) is 7.10. The van der Waals surface area contributed by atoms with Crippen LogP contribution in [-0.4, -0.2) is 6.18 Å². The summed E-state index contributed by atoms with van der Waals surface area (Å²) in [5, 5.41) is 0. The first-order valence-electron chi connectivity index (χ1n) is 7.58. The van der Waals surface area contributed by atoms with Crippen molar-refractivity contribution < 1.29 is 13.2 Å². The van der Waals surface area contributed by atoms with Crippen LogP contribution in [0, 0.1) is 11.8 Å². The molecule has 0 heterocycles. The SMILES string of the molecule is CCCCCC1CCCC(CCCC(F)(F)F)C1. The molecule has 2 unspecified atom stereocenters. The molecule has 0 amide bonds. The highest BCUT2D eigenvalue weighted by Gasteiger charge is 2.28. The Bertz CT molecular complexity index is 210. The molecule has 108 valence electrons. The number of unbranched alkanes of at least 4 members (excludes halogenated alkanes) is 2. The second kappa shape index (κ2) is 8.06. The van der Waals surface area contributed by atoms with Crippen LogP contribution in [0.15, 0.2) is 0 Å². The summed E-state index contributed by atoms with van der Waals surface area (Å²) in [4.78, 5) is 0. The van der Waals surface area contributed by atoms with Gasteiger partial charge in [0.1, 0.15) is 0 Å². The van der Waals surface area contributed by atoms with E-state index in [9.17, 15) is 13.2 Å². The van der Waals surface area contributed by atoms with Crippen LogP contribution < -0.4 is 0 Å². The number of hydrogen-bond acceptors (Lipinski definition) is 0. The second-order valence-electron chi connectivity index (χ2n) is 5.90. The lowest BCUT2D eigenvalue weighted by atomic mass is 9.77. The topological polar surface area (TPSA) is 0 Å². The summed E-state index contributed by atoms with van der Waals surface area (Å²) in [6.45, 7) is 2.21. The van der Waals surface area contributed by atoms with Gasteiger partial charge in [0.05, 0.1) is 0 Å². The van der Waals surface area contributed by atoms with Gasteiger partial charge >= 0.3 is 6.18 Å². The van der Waals surface area contributed by atoms with Crippen LogP contribution in [0.2, 0.25) is 0 Å². The van der Waals surface area contributed by atoms with E-state index >= 15 is 0 Å². The van der Waals surface area contributed by atoms with Crippen molar-refractivity contribution in [2.75, 3.05) is 0 Å². The lowest BCUT2D eigenvalue weighted by molar-refractivity contribution is -0.136. The number of alkyl halides is 3. The predicted octanol–water partition coefficient (Wildman–Crippen LogP) is 6.11. The van der Waals surface area contributed by atoms with Crippen LogP contribution in [0.5, 0.6) is 0 Å². The summed E-state index contributed by atoms with van der Waals surface area (Å²) in [5.41, 5.74) is 0. The van der Waals surface area contributed by atoms with Gasteiger partial charge in [-0.1, -0.05) is 58.3 Å². The molecule has 0 bridgehead atoms. The minimum Gasteiger partial charge on any atom is -0.171 e. The molecule has 0 aromatic heterocycles. The Hall–Kier alpha value is -0.210. The number of hydrogen-bond donors (Lipinski definition) is 0. The Morgan fingerprint density at radius 3 is 2.11 bits per heavy atom. The van der Waals surface area contributed by atoms with Crippen molar-refractivity contribution in [3.8, 4) is 0 Å². The van der Waals surface area contributed by atoms with Crippen molar-refractivity contribution in [3.63, 3.8) is 0 Å². The lowest BCUT2D eigenvalue weighted by Gasteiger charge is -2.29. The van der Waals surface area contributed by atoms with Gasteiger partial charge in [0, 0.05) is 6.42 Å². The zero-order chi connectivity index (χ0) is 13.4. The molecule has 0 aliphatic heterocycles. The molecule has 1 aliphatic rings. The van der Waals surface area contributed by atoms with Gasteiger partial charge < -0.3 is 0 Å². The minimum absolute atomic E-state index is 0.329. The molecule has 0 aromatic rings. The second-order valence-corrected chi connectivity index (χ2v) is 5.90. The normalized spacial score (nSPS) is 25.3. The van der Waals surface area contributed by atoms with E-state index in [1.54, 1.807) is 0 Å². The van der Waals surface area contributed by atoms with Crippen LogP contribution in [0.1, 0.15) is 77.6 Å². The summed E-state index contributed by atoms with van der Waals surface area (Å²) in [6.07, 6.45) is 6.58. The quantitative estimate of drug-likeness (QED) is 0.487. The molecule has 0 saturated heterocycles. The van der Waals surface area contributed by atoms with E-state index in [1.165, 1.54) is 44.9 Å². The third kappa shape index (κ3) is 7.27. The van der Waals surface area contributed by atoms with Gasteiger partial charge in [-0.25, -0.2) is 0 Å². The van der Waals surface area contributed by atoms with Crippen molar-refractivity contribution in [1.82, 2.24) is 0 Å². The lowest BCUT2D eigenvalue weighted by Crippen LogP contribution is -2.16. The molecule has 1 rings (SSSR count). The largest absolute Gasteiger partial charge is 0.389 e. The molecular weight excluding hydrogens is 237 g/mol. The Morgan fingerprint density at radius 2 is 1.56 bits per heavy atom. The number of halogens is 3. The Morgan fingerprint density at radius 1 is 0.944 bits per heavy atom. The van der Waals surface area contributed by atoms with Gasteiger partial charge in [-0.05, 0) is 24.7 Å². The molecule has 18 heavy (non-hydrogen) atoms. The summed E-state index contributed by atoms with van der Waals surface area (Å²) >= 11 is 0. The third-order valence-electron chi connectivity index (χ3n) is 4.18. The maximum Gasteiger partial charge on any atom is 0.389 e. The van der Waals surface area contributed by atoms with E-state index in [4.69, 9.17) is 0 Å². The molecule has 3 heteroatoms. The van der Waals surface area contributed by atoms with Crippen LogP contribution in [-0.2, 0) is 0 Å². The molecular formula is C15H27F3. The van der Waals surface area contributed by atoms with Gasteiger partial charge in [0.15, 0.2) is 0 Å². The molecule has 0 aromatic carbocycles. The maximum absolute atomic E-state index is 12.1. The Balaban J connectivity index is 2.14. The van der Waals surface area contributed by atoms with Crippen molar-refractivity contribution in [3.05, 3.63) is 0 Å². The number of rotatable bonds is 7. The van der Waals surface area contributed by atoms with Crippen molar-refractivity contribution in [1.29, 1.82) is 0 Å². The molecule has 1 fully saturated rings. The monoisotopic (exact) mass is 264 g/mol. The molecule has 0 spiro atoms. The minimum atomic E-state index is -3.96. The highest BCUT2D eigenvalue weighted by Crippen LogP contribution is 2.35. The van der Waals surface area contributed by atoms with Crippen LogP contribution >= 0.6 is 0 Å². The van der Waals surface area contributed by atoms with Crippen molar-refractivity contribution >= 4 is 0 Å². The summed E-state index contributed by atoms with van der Waals surface area (Å²) in [7, 11) is 0. The molecule has 0 N–H and O–H groups in total. The average Bonchev–Trinajstić information content (AvgIpc) is 2.28. The maximum atomic E-state index is 12.1. The summed E-state index contributed by atoms with van der Waals surface area (Å²) in [6, 6.07) is 0. The fraction of sp³-hybridized carbons (Fsp3) is 1.00. The smallest absolute Gasteiger partial charge is 0.171 e. The van der Waals surface area contributed by atoms with E-state index in [0.717, 1.165) is 18.8 Å². The first-order valence-corrected chi connectivity index (χ1v) is 7.58. The zero-order valence-corrected chi connectivity index (χ0v) is 11.6. The van der Waals surface area contributed by atoms with E-state index in [-0.39, 0.29) is 0 Å². The molecule has 0 radical (unpaired) electrons. The molecule has 0 nitrogen and oxygen atoms in total. The third-order valence-corrected chi connectivity index (χ3v) is 4.18. The zero-order valence-electron chi connectivity index (χ0n) is 11.6. The molecule has 1 aliphatic carbocycles. The highest BCUT2D eigenvalue weighted by molar-refractivity contribution is 4.73.